The molecule has 0 spiro atoms. The van der Waals surface area contributed by atoms with E-state index >= 15 is 0 Å². The number of hydrogen-bond donors (Lipinski definition) is 2. The van der Waals surface area contributed by atoms with Crippen molar-refractivity contribution in [2.45, 2.75) is 24.8 Å². The largest absolute Gasteiger partial charge is 0.399 e. The second kappa shape index (κ2) is 7.64. The van der Waals surface area contributed by atoms with Gasteiger partial charge >= 0.3 is 0 Å². The van der Waals surface area contributed by atoms with E-state index in [0.29, 0.717) is 12.1 Å². The summed E-state index contributed by atoms with van der Waals surface area (Å²) in [5.74, 6) is 0.839. The summed E-state index contributed by atoms with van der Waals surface area (Å²) in [5.41, 5.74) is 8.15. The lowest BCUT2D eigenvalue weighted by Crippen LogP contribution is -2.12. The number of carbonyl (C=O) groups excluding carboxylic acids is 1. The molecule has 0 aliphatic rings. The van der Waals surface area contributed by atoms with E-state index in [2.05, 4.69) is 15.3 Å². The minimum Gasteiger partial charge on any atom is -0.399 e. The quantitative estimate of drug-likeness (QED) is 0.487. The van der Waals surface area contributed by atoms with Crippen LogP contribution in [0.4, 0.5) is 11.4 Å². The zero-order valence-corrected chi connectivity index (χ0v) is 12.7. The van der Waals surface area contributed by atoms with Crippen LogP contribution in [0.15, 0.2) is 41.8 Å². The molecule has 0 fully saturated rings. The Morgan fingerprint density at radius 3 is 3.00 bits per heavy atom. The first-order valence-electron chi connectivity index (χ1n) is 6.70. The number of aryl methyl sites for hydroxylation is 1. The van der Waals surface area contributed by atoms with Gasteiger partial charge in [0.05, 0.1) is 6.20 Å². The van der Waals surface area contributed by atoms with E-state index in [1.54, 1.807) is 36.4 Å². The van der Waals surface area contributed by atoms with Crippen LogP contribution in [-0.2, 0) is 4.79 Å². The zero-order chi connectivity index (χ0) is 15.1. The number of amides is 1. The first kappa shape index (κ1) is 15.3. The molecule has 0 atom stereocenters. The summed E-state index contributed by atoms with van der Waals surface area (Å²) in [5, 5.41) is 3.77. The fourth-order valence-electron chi connectivity index (χ4n) is 1.76. The zero-order valence-electron chi connectivity index (χ0n) is 11.9. The van der Waals surface area contributed by atoms with Crippen molar-refractivity contribution >= 4 is 29.0 Å². The lowest BCUT2D eigenvalue weighted by molar-refractivity contribution is -0.116. The number of nitrogen functional groups attached to an aromatic ring is 1. The summed E-state index contributed by atoms with van der Waals surface area (Å²) in [7, 11) is 0. The van der Waals surface area contributed by atoms with Crippen LogP contribution < -0.4 is 11.1 Å². The van der Waals surface area contributed by atoms with Gasteiger partial charge in [0.1, 0.15) is 5.03 Å². The summed E-state index contributed by atoms with van der Waals surface area (Å²) in [6.07, 6.45) is 6.29. The van der Waals surface area contributed by atoms with Gasteiger partial charge in [-0.25, -0.2) is 4.98 Å². The van der Waals surface area contributed by atoms with Crippen molar-refractivity contribution in [1.29, 1.82) is 0 Å². The normalized spacial score (nSPS) is 10.3. The molecule has 2 aromatic rings. The molecular weight excluding hydrogens is 284 g/mol. The Morgan fingerprint density at radius 2 is 2.24 bits per heavy atom. The molecule has 0 aliphatic heterocycles. The minimum atomic E-state index is 0.00319. The summed E-state index contributed by atoms with van der Waals surface area (Å²) in [6.45, 7) is 1.94. The van der Waals surface area contributed by atoms with Crippen molar-refractivity contribution in [3.8, 4) is 0 Å². The van der Waals surface area contributed by atoms with Gasteiger partial charge in [0.15, 0.2) is 0 Å². The van der Waals surface area contributed by atoms with Gasteiger partial charge in [-0.1, -0.05) is 6.07 Å². The maximum absolute atomic E-state index is 11.9. The van der Waals surface area contributed by atoms with Crippen LogP contribution in [0, 0.1) is 6.92 Å². The fourth-order valence-corrected chi connectivity index (χ4v) is 2.53. The lowest BCUT2D eigenvalue weighted by atomic mass is 10.1. The van der Waals surface area contributed by atoms with E-state index in [1.165, 1.54) is 0 Å². The smallest absolute Gasteiger partial charge is 0.224 e. The standard InChI is InChI=1S/C15H18N4OS/c1-11-4-5-12(16)9-13(11)19-14(20)3-2-8-21-15-10-17-6-7-18-15/h4-7,9-10H,2-3,8,16H2,1H3,(H,19,20). The van der Waals surface area contributed by atoms with E-state index in [4.69, 9.17) is 5.73 Å². The average molecular weight is 302 g/mol. The molecule has 0 aliphatic carbocycles. The van der Waals surface area contributed by atoms with E-state index in [9.17, 15) is 4.79 Å². The number of nitrogens with one attached hydrogen (secondary N) is 1. The summed E-state index contributed by atoms with van der Waals surface area (Å²) >= 11 is 1.60. The predicted molar refractivity (Wildman–Crippen MR) is 86.2 cm³/mol. The van der Waals surface area contributed by atoms with Gasteiger partial charge in [-0.05, 0) is 31.0 Å². The van der Waals surface area contributed by atoms with Crippen molar-refractivity contribution in [1.82, 2.24) is 9.97 Å². The van der Waals surface area contributed by atoms with Crippen LogP contribution in [0.3, 0.4) is 0 Å². The number of benzene rings is 1. The average Bonchev–Trinajstić information content (AvgIpc) is 2.48. The monoisotopic (exact) mass is 302 g/mol. The van der Waals surface area contributed by atoms with Gasteiger partial charge in [-0.15, -0.1) is 11.8 Å². The van der Waals surface area contributed by atoms with Crippen molar-refractivity contribution < 1.29 is 4.79 Å². The summed E-state index contributed by atoms with van der Waals surface area (Å²) < 4.78 is 0. The van der Waals surface area contributed by atoms with Crippen LogP contribution in [0.2, 0.25) is 0 Å². The molecule has 21 heavy (non-hydrogen) atoms. The molecule has 5 nitrogen and oxygen atoms in total. The SMILES string of the molecule is Cc1ccc(N)cc1NC(=O)CCCSc1cnccn1. The molecular formula is C15H18N4OS. The molecule has 1 heterocycles. The van der Waals surface area contributed by atoms with Gasteiger partial charge in [-0.2, -0.15) is 0 Å². The van der Waals surface area contributed by atoms with Gasteiger partial charge in [0.2, 0.25) is 5.91 Å². The predicted octanol–water partition coefficient (Wildman–Crippen LogP) is 2.88. The summed E-state index contributed by atoms with van der Waals surface area (Å²) in [4.78, 5) is 20.1. The molecule has 1 aromatic carbocycles. The van der Waals surface area contributed by atoms with E-state index in [0.717, 1.165) is 28.5 Å². The molecule has 2 rings (SSSR count). The van der Waals surface area contributed by atoms with Gasteiger partial charge in [0, 0.05) is 35.9 Å². The highest BCUT2D eigenvalue weighted by atomic mass is 32.2. The second-order valence-electron chi connectivity index (χ2n) is 4.62. The van der Waals surface area contributed by atoms with Crippen LogP contribution in [-0.4, -0.2) is 21.6 Å². The fraction of sp³-hybridized carbons (Fsp3) is 0.267. The number of thioether (sulfide) groups is 1. The molecule has 0 bridgehead atoms. The Hall–Kier alpha value is -2.08. The van der Waals surface area contributed by atoms with E-state index in [-0.39, 0.29) is 5.91 Å². The molecule has 0 saturated carbocycles. The van der Waals surface area contributed by atoms with Crippen LogP contribution in [0.5, 0.6) is 0 Å². The third-order valence-electron chi connectivity index (χ3n) is 2.87. The van der Waals surface area contributed by atoms with Crippen molar-refractivity contribution in [3.63, 3.8) is 0 Å². The van der Waals surface area contributed by atoms with Gasteiger partial charge < -0.3 is 11.1 Å². The Kier molecular flexibility index (Phi) is 5.57. The first-order chi connectivity index (χ1) is 10.1. The maximum atomic E-state index is 11.9. The maximum Gasteiger partial charge on any atom is 0.224 e. The number of aromatic nitrogens is 2. The Balaban J connectivity index is 1.74. The molecule has 1 amide bonds. The molecule has 3 N–H and O–H groups in total. The Labute approximate surface area is 128 Å². The van der Waals surface area contributed by atoms with Crippen molar-refractivity contribution in [2.75, 3.05) is 16.8 Å². The lowest BCUT2D eigenvalue weighted by Gasteiger charge is -2.09. The topological polar surface area (TPSA) is 80.9 Å². The van der Waals surface area contributed by atoms with Crippen LogP contribution in [0.1, 0.15) is 18.4 Å². The first-order valence-corrected chi connectivity index (χ1v) is 7.68. The molecule has 0 saturated heterocycles. The van der Waals surface area contributed by atoms with Crippen LogP contribution in [0.25, 0.3) is 0 Å². The van der Waals surface area contributed by atoms with E-state index in [1.807, 2.05) is 19.1 Å². The van der Waals surface area contributed by atoms with Crippen molar-refractivity contribution in [2.24, 2.45) is 0 Å². The number of hydrogen-bond acceptors (Lipinski definition) is 5. The van der Waals surface area contributed by atoms with E-state index < -0.39 is 0 Å². The van der Waals surface area contributed by atoms with Gasteiger partial charge in [-0.3, -0.25) is 9.78 Å². The molecule has 1 aromatic heterocycles. The number of nitrogens with two attached hydrogens (primary N) is 1. The second-order valence-corrected chi connectivity index (χ2v) is 5.73. The van der Waals surface area contributed by atoms with Crippen LogP contribution >= 0.6 is 11.8 Å². The highest BCUT2D eigenvalue weighted by Crippen LogP contribution is 2.19. The number of nitrogens with zero attached hydrogens (tertiary/aromatic N) is 2. The van der Waals surface area contributed by atoms with Gasteiger partial charge in [0.25, 0.3) is 0 Å². The third-order valence-corrected chi connectivity index (χ3v) is 3.87. The highest BCUT2D eigenvalue weighted by molar-refractivity contribution is 7.99. The molecule has 0 unspecified atom stereocenters. The third kappa shape index (κ3) is 5.07. The Bertz CT molecular complexity index is 604. The van der Waals surface area contributed by atoms with Crippen molar-refractivity contribution in [3.05, 3.63) is 42.4 Å². The Morgan fingerprint density at radius 1 is 1.38 bits per heavy atom. The molecule has 6 heteroatoms. The minimum absolute atomic E-state index is 0.00319. The number of carbonyl (C=O) groups is 1. The number of anilines is 2. The molecule has 0 radical (unpaired) electrons. The summed E-state index contributed by atoms with van der Waals surface area (Å²) in [6, 6.07) is 5.50. The molecule has 110 valence electrons. The highest BCUT2D eigenvalue weighted by Gasteiger charge is 2.05. The number of rotatable bonds is 6.